The molecule has 0 radical (unpaired) electrons. The van der Waals surface area contributed by atoms with E-state index in [9.17, 15) is 4.79 Å². The van der Waals surface area contributed by atoms with Gasteiger partial charge in [-0.15, -0.1) is 0 Å². The van der Waals surface area contributed by atoms with Crippen LogP contribution in [0.25, 0.3) is 6.08 Å². The van der Waals surface area contributed by atoms with Crippen LogP contribution in [0, 0.1) is 0 Å². The normalized spacial score (nSPS) is 10.5. The number of hydrogen-bond donors (Lipinski definition) is 1. The number of hydrogen-bond acceptors (Lipinski definition) is 3. The number of carbonyl (C=O) groups excluding carboxylic acids is 1. The Morgan fingerprint density at radius 1 is 1.60 bits per heavy atom. The van der Waals surface area contributed by atoms with Crippen LogP contribution < -0.4 is 0 Å². The van der Waals surface area contributed by atoms with Gasteiger partial charge in [-0.1, -0.05) is 11.6 Å². The van der Waals surface area contributed by atoms with Crippen LogP contribution in [0.2, 0.25) is 5.02 Å². The summed E-state index contributed by atoms with van der Waals surface area (Å²) in [6.07, 6.45) is 2.83. The van der Waals surface area contributed by atoms with Crippen molar-refractivity contribution in [1.82, 2.24) is 0 Å². The molecule has 1 N–H and O–H groups in total. The van der Waals surface area contributed by atoms with Crippen molar-refractivity contribution in [2.45, 2.75) is 6.92 Å². The first-order chi connectivity index (χ1) is 7.13. The number of halogens is 1. The third-order valence-electron chi connectivity index (χ3n) is 1.67. The van der Waals surface area contributed by atoms with E-state index in [4.69, 9.17) is 21.4 Å². The molecule has 80 valence electrons. The van der Waals surface area contributed by atoms with E-state index in [0.29, 0.717) is 17.2 Å². The largest absolute Gasteiger partial charge is 0.508 e. The zero-order valence-electron chi connectivity index (χ0n) is 8.24. The molecule has 0 fully saturated rings. The van der Waals surface area contributed by atoms with E-state index in [1.54, 1.807) is 19.1 Å². The maximum Gasteiger partial charge on any atom is 0.330 e. The molecule has 0 saturated carbocycles. The van der Waals surface area contributed by atoms with Gasteiger partial charge in [0, 0.05) is 6.08 Å². The van der Waals surface area contributed by atoms with Crippen LogP contribution in [0.3, 0.4) is 0 Å². The standard InChI is InChI=1S/C11H11ClO3/c1-2-15-11(14)6-4-8-3-5-9(13)7-10(8)12/h3-7,13H,2H2,1H3/b6-4+. The zero-order valence-corrected chi connectivity index (χ0v) is 8.99. The molecule has 0 atom stereocenters. The molecule has 0 heterocycles. The van der Waals surface area contributed by atoms with Gasteiger partial charge in [-0.05, 0) is 36.8 Å². The molecule has 0 aliphatic carbocycles. The molecule has 15 heavy (non-hydrogen) atoms. The maximum atomic E-state index is 11.0. The maximum absolute atomic E-state index is 11.0. The number of ether oxygens (including phenoxy) is 1. The van der Waals surface area contributed by atoms with Crippen molar-refractivity contribution in [3.63, 3.8) is 0 Å². The van der Waals surface area contributed by atoms with Gasteiger partial charge in [0.15, 0.2) is 0 Å². The van der Waals surface area contributed by atoms with E-state index in [-0.39, 0.29) is 5.75 Å². The van der Waals surface area contributed by atoms with Crippen molar-refractivity contribution in [3.05, 3.63) is 34.9 Å². The highest BCUT2D eigenvalue weighted by Gasteiger charge is 1.99. The van der Waals surface area contributed by atoms with Gasteiger partial charge >= 0.3 is 5.97 Å². The first kappa shape index (κ1) is 11.6. The minimum Gasteiger partial charge on any atom is -0.508 e. The Morgan fingerprint density at radius 2 is 2.33 bits per heavy atom. The number of benzene rings is 1. The number of rotatable bonds is 3. The minimum atomic E-state index is -0.415. The number of aromatic hydroxyl groups is 1. The van der Waals surface area contributed by atoms with Crippen LogP contribution in [0.1, 0.15) is 12.5 Å². The summed E-state index contributed by atoms with van der Waals surface area (Å²) in [4.78, 5) is 11.0. The predicted molar refractivity (Wildman–Crippen MR) is 58.8 cm³/mol. The lowest BCUT2D eigenvalue weighted by molar-refractivity contribution is -0.137. The van der Waals surface area contributed by atoms with Crippen LogP contribution in [0.15, 0.2) is 24.3 Å². The summed E-state index contributed by atoms with van der Waals surface area (Å²) >= 11 is 5.83. The topological polar surface area (TPSA) is 46.5 Å². The molecule has 1 aromatic carbocycles. The molecule has 1 aromatic rings. The van der Waals surface area contributed by atoms with Gasteiger partial charge in [-0.25, -0.2) is 4.79 Å². The van der Waals surface area contributed by atoms with Crippen molar-refractivity contribution in [2.24, 2.45) is 0 Å². The zero-order chi connectivity index (χ0) is 11.3. The Hall–Kier alpha value is -1.48. The highest BCUT2D eigenvalue weighted by molar-refractivity contribution is 6.32. The number of phenols is 1. The Labute approximate surface area is 92.9 Å². The molecule has 0 bridgehead atoms. The van der Waals surface area contributed by atoms with Gasteiger partial charge in [0.25, 0.3) is 0 Å². The summed E-state index contributed by atoms with van der Waals surface area (Å²) in [5, 5.41) is 9.48. The SMILES string of the molecule is CCOC(=O)/C=C/c1ccc(O)cc1Cl. The lowest BCUT2D eigenvalue weighted by Crippen LogP contribution is -1.98. The number of phenolic OH excluding ortho intramolecular Hbond substituents is 1. The lowest BCUT2D eigenvalue weighted by atomic mass is 10.2. The fourth-order valence-corrected chi connectivity index (χ4v) is 1.24. The van der Waals surface area contributed by atoms with E-state index in [2.05, 4.69) is 0 Å². The molecule has 3 nitrogen and oxygen atoms in total. The Balaban J connectivity index is 2.76. The second kappa shape index (κ2) is 5.41. The fourth-order valence-electron chi connectivity index (χ4n) is 0.999. The fraction of sp³-hybridized carbons (Fsp3) is 0.182. The third kappa shape index (κ3) is 3.64. The Morgan fingerprint density at radius 3 is 2.93 bits per heavy atom. The van der Waals surface area contributed by atoms with E-state index < -0.39 is 5.97 Å². The Kier molecular flexibility index (Phi) is 4.18. The highest BCUT2D eigenvalue weighted by Crippen LogP contribution is 2.22. The second-order valence-corrected chi connectivity index (χ2v) is 3.20. The average Bonchev–Trinajstić information content (AvgIpc) is 2.17. The first-order valence-corrected chi connectivity index (χ1v) is 4.84. The summed E-state index contributed by atoms with van der Waals surface area (Å²) in [6, 6.07) is 4.52. The van der Waals surface area contributed by atoms with Crippen molar-refractivity contribution >= 4 is 23.6 Å². The highest BCUT2D eigenvalue weighted by atomic mass is 35.5. The van der Waals surface area contributed by atoms with E-state index in [1.807, 2.05) is 0 Å². The molecule has 1 rings (SSSR count). The van der Waals surface area contributed by atoms with Gasteiger partial charge in [0.05, 0.1) is 11.6 Å². The Bertz CT molecular complexity index is 385. The second-order valence-electron chi connectivity index (χ2n) is 2.79. The van der Waals surface area contributed by atoms with Crippen molar-refractivity contribution in [3.8, 4) is 5.75 Å². The smallest absolute Gasteiger partial charge is 0.330 e. The van der Waals surface area contributed by atoms with E-state index in [0.717, 1.165) is 0 Å². The summed E-state index contributed by atoms with van der Waals surface area (Å²) in [5.74, 6) is -0.324. The number of carbonyl (C=O) groups is 1. The molecule has 0 amide bonds. The predicted octanol–water partition coefficient (Wildman–Crippen LogP) is 2.62. The minimum absolute atomic E-state index is 0.0910. The molecular weight excluding hydrogens is 216 g/mol. The molecule has 0 aliphatic rings. The van der Waals surface area contributed by atoms with Crippen LogP contribution in [-0.4, -0.2) is 17.7 Å². The van der Waals surface area contributed by atoms with Crippen LogP contribution in [0.5, 0.6) is 5.75 Å². The molecule has 0 aliphatic heterocycles. The van der Waals surface area contributed by atoms with Crippen LogP contribution in [-0.2, 0) is 9.53 Å². The first-order valence-electron chi connectivity index (χ1n) is 4.47. The molecule has 4 heteroatoms. The van der Waals surface area contributed by atoms with Gasteiger partial charge in [-0.3, -0.25) is 0 Å². The van der Waals surface area contributed by atoms with Gasteiger partial charge < -0.3 is 9.84 Å². The molecule has 0 aromatic heterocycles. The van der Waals surface area contributed by atoms with Gasteiger partial charge in [0.2, 0.25) is 0 Å². The van der Waals surface area contributed by atoms with E-state index >= 15 is 0 Å². The molecule has 0 spiro atoms. The average molecular weight is 227 g/mol. The van der Waals surface area contributed by atoms with Crippen molar-refractivity contribution in [1.29, 1.82) is 0 Å². The van der Waals surface area contributed by atoms with Crippen LogP contribution >= 0.6 is 11.6 Å². The lowest BCUT2D eigenvalue weighted by Gasteiger charge is -1.99. The molecule has 0 saturated heterocycles. The van der Waals surface area contributed by atoms with Crippen molar-refractivity contribution in [2.75, 3.05) is 6.61 Å². The summed E-state index contributed by atoms with van der Waals surface area (Å²) in [5.41, 5.74) is 0.655. The summed E-state index contributed by atoms with van der Waals surface area (Å²) in [7, 11) is 0. The summed E-state index contributed by atoms with van der Waals surface area (Å²) in [6.45, 7) is 2.08. The third-order valence-corrected chi connectivity index (χ3v) is 2.00. The molecular formula is C11H11ClO3. The summed E-state index contributed by atoms with van der Waals surface area (Å²) < 4.78 is 4.71. The van der Waals surface area contributed by atoms with Crippen LogP contribution in [0.4, 0.5) is 0 Å². The van der Waals surface area contributed by atoms with E-state index in [1.165, 1.54) is 18.2 Å². The number of esters is 1. The van der Waals surface area contributed by atoms with Gasteiger partial charge in [0.1, 0.15) is 5.75 Å². The quantitative estimate of drug-likeness (QED) is 0.637. The molecule has 0 unspecified atom stereocenters. The van der Waals surface area contributed by atoms with Crippen molar-refractivity contribution < 1.29 is 14.6 Å². The monoisotopic (exact) mass is 226 g/mol. The van der Waals surface area contributed by atoms with Gasteiger partial charge in [-0.2, -0.15) is 0 Å².